The van der Waals surface area contributed by atoms with E-state index >= 15 is 0 Å². The van der Waals surface area contributed by atoms with Crippen LogP contribution in [0.2, 0.25) is 0 Å². The van der Waals surface area contributed by atoms with Crippen LogP contribution in [-0.2, 0) is 7.05 Å². The zero-order chi connectivity index (χ0) is 12.7. The number of nitrogens with one attached hydrogen (secondary N) is 2. The average Bonchev–Trinajstić information content (AvgIpc) is 2.65. The SMILES string of the molecule is CCCNC(C#N)CCSc1n[nH]c(=O)n1C. The predicted molar refractivity (Wildman–Crippen MR) is 66.9 cm³/mol. The highest BCUT2D eigenvalue weighted by Crippen LogP contribution is 2.13. The Morgan fingerprint density at radius 3 is 3.00 bits per heavy atom. The van der Waals surface area contributed by atoms with E-state index in [9.17, 15) is 4.79 Å². The number of nitrogens with zero attached hydrogens (tertiary/aromatic N) is 3. The molecular weight excluding hydrogens is 238 g/mol. The molecule has 0 saturated carbocycles. The van der Waals surface area contributed by atoms with E-state index in [1.165, 1.54) is 16.3 Å². The lowest BCUT2D eigenvalue weighted by Gasteiger charge is -2.09. The fourth-order valence-electron chi connectivity index (χ4n) is 1.26. The van der Waals surface area contributed by atoms with Gasteiger partial charge in [0.25, 0.3) is 0 Å². The maximum absolute atomic E-state index is 11.1. The minimum atomic E-state index is -0.214. The summed E-state index contributed by atoms with van der Waals surface area (Å²) < 4.78 is 1.46. The molecule has 2 N–H and O–H groups in total. The van der Waals surface area contributed by atoms with Crippen LogP contribution in [0.4, 0.5) is 0 Å². The molecule has 0 amide bonds. The van der Waals surface area contributed by atoms with Crippen molar-refractivity contribution in [1.29, 1.82) is 5.26 Å². The molecule has 0 aliphatic carbocycles. The van der Waals surface area contributed by atoms with Gasteiger partial charge in [-0.25, -0.2) is 9.89 Å². The maximum Gasteiger partial charge on any atom is 0.343 e. The van der Waals surface area contributed by atoms with E-state index in [1.807, 2.05) is 0 Å². The summed E-state index contributed by atoms with van der Waals surface area (Å²) in [6.45, 7) is 2.92. The number of nitriles is 1. The predicted octanol–water partition coefficient (Wildman–Crippen LogP) is 0.482. The molecule has 0 fully saturated rings. The Labute approximate surface area is 104 Å². The number of thioether (sulfide) groups is 1. The van der Waals surface area contributed by atoms with Crippen molar-refractivity contribution in [3.05, 3.63) is 10.5 Å². The van der Waals surface area contributed by atoms with Gasteiger partial charge in [-0.2, -0.15) is 5.26 Å². The van der Waals surface area contributed by atoms with Gasteiger partial charge in [0.05, 0.1) is 12.1 Å². The van der Waals surface area contributed by atoms with Crippen molar-refractivity contribution in [3.63, 3.8) is 0 Å². The van der Waals surface area contributed by atoms with Gasteiger partial charge in [0.15, 0.2) is 5.16 Å². The molecular formula is C10H17N5OS. The number of hydrogen-bond acceptors (Lipinski definition) is 5. The molecule has 94 valence electrons. The lowest BCUT2D eigenvalue weighted by Crippen LogP contribution is -2.28. The summed E-state index contributed by atoms with van der Waals surface area (Å²) in [5.41, 5.74) is -0.214. The zero-order valence-corrected chi connectivity index (χ0v) is 10.9. The van der Waals surface area contributed by atoms with Gasteiger partial charge in [-0.3, -0.25) is 4.57 Å². The first-order valence-electron chi connectivity index (χ1n) is 5.56. The van der Waals surface area contributed by atoms with Gasteiger partial charge in [-0.1, -0.05) is 18.7 Å². The fraction of sp³-hybridized carbons (Fsp3) is 0.700. The van der Waals surface area contributed by atoms with Crippen LogP contribution in [0.25, 0.3) is 0 Å². The minimum absolute atomic E-state index is 0.126. The van der Waals surface area contributed by atoms with Crippen LogP contribution in [0.15, 0.2) is 9.95 Å². The maximum atomic E-state index is 11.1. The molecule has 7 heteroatoms. The number of aromatic nitrogens is 3. The molecule has 0 spiro atoms. The lowest BCUT2D eigenvalue weighted by molar-refractivity contribution is 0.585. The summed E-state index contributed by atoms with van der Waals surface area (Å²) in [5, 5.41) is 19.0. The second-order valence-corrected chi connectivity index (χ2v) is 4.71. The van der Waals surface area contributed by atoms with E-state index in [-0.39, 0.29) is 11.7 Å². The summed E-state index contributed by atoms with van der Waals surface area (Å²) in [6.07, 6.45) is 1.75. The van der Waals surface area contributed by atoms with Gasteiger partial charge in [-0.05, 0) is 19.4 Å². The topological polar surface area (TPSA) is 86.5 Å². The normalized spacial score (nSPS) is 12.3. The van der Waals surface area contributed by atoms with Crippen molar-refractivity contribution >= 4 is 11.8 Å². The van der Waals surface area contributed by atoms with Gasteiger partial charge in [0.1, 0.15) is 0 Å². The number of H-pyrrole nitrogens is 1. The highest BCUT2D eigenvalue weighted by atomic mass is 32.2. The molecule has 1 heterocycles. The standard InChI is InChI=1S/C10H17N5OS/c1-3-5-12-8(7-11)4-6-17-10-14-13-9(16)15(10)2/h8,12H,3-6H2,1-2H3,(H,13,16). The Balaban J connectivity index is 2.34. The van der Waals surface area contributed by atoms with E-state index in [2.05, 4.69) is 28.5 Å². The Morgan fingerprint density at radius 1 is 1.71 bits per heavy atom. The molecule has 0 aliphatic rings. The minimum Gasteiger partial charge on any atom is -0.302 e. The molecule has 1 aromatic heterocycles. The summed E-state index contributed by atoms with van der Waals surface area (Å²) in [4.78, 5) is 11.1. The molecule has 1 atom stereocenters. The Hall–Kier alpha value is -1.26. The van der Waals surface area contributed by atoms with Crippen LogP contribution in [0.3, 0.4) is 0 Å². The van der Waals surface area contributed by atoms with E-state index in [0.717, 1.165) is 25.1 Å². The third-order valence-corrected chi connectivity index (χ3v) is 3.34. The first-order chi connectivity index (χ1) is 8.19. The first-order valence-corrected chi connectivity index (χ1v) is 6.54. The van der Waals surface area contributed by atoms with Crippen LogP contribution >= 0.6 is 11.8 Å². The van der Waals surface area contributed by atoms with Crippen molar-refractivity contribution in [2.75, 3.05) is 12.3 Å². The molecule has 1 rings (SSSR count). The van der Waals surface area contributed by atoms with Gasteiger partial charge in [-0.15, -0.1) is 5.10 Å². The molecule has 17 heavy (non-hydrogen) atoms. The van der Waals surface area contributed by atoms with Gasteiger partial charge in [0, 0.05) is 12.8 Å². The van der Waals surface area contributed by atoms with E-state index in [0.29, 0.717) is 5.16 Å². The molecule has 0 bridgehead atoms. The van der Waals surface area contributed by atoms with Crippen molar-refractivity contribution in [1.82, 2.24) is 20.1 Å². The van der Waals surface area contributed by atoms with Crippen LogP contribution in [0, 0.1) is 11.3 Å². The van der Waals surface area contributed by atoms with Crippen LogP contribution < -0.4 is 11.0 Å². The third-order valence-electron chi connectivity index (χ3n) is 2.27. The van der Waals surface area contributed by atoms with Crippen LogP contribution in [0.1, 0.15) is 19.8 Å². The quantitative estimate of drug-likeness (QED) is 0.692. The number of hydrogen-bond donors (Lipinski definition) is 2. The Bertz CT molecular complexity index is 433. The highest BCUT2D eigenvalue weighted by molar-refractivity contribution is 7.99. The van der Waals surface area contributed by atoms with Gasteiger partial charge >= 0.3 is 5.69 Å². The van der Waals surface area contributed by atoms with Crippen molar-refractivity contribution in [2.24, 2.45) is 7.05 Å². The summed E-state index contributed by atoms with van der Waals surface area (Å²) in [6, 6.07) is 2.10. The molecule has 0 aliphatic heterocycles. The van der Waals surface area contributed by atoms with Crippen molar-refractivity contribution < 1.29 is 0 Å². The second kappa shape index (κ2) is 7.14. The molecule has 0 radical (unpaired) electrons. The fourth-order valence-corrected chi connectivity index (χ4v) is 2.18. The molecule has 1 unspecified atom stereocenters. The monoisotopic (exact) mass is 255 g/mol. The van der Waals surface area contributed by atoms with Crippen molar-refractivity contribution in [3.8, 4) is 6.07 Å². The van der Waals surface area contributed by atoms with Gasteiger partial charge in [0.2, 0.25) is 0 Å². The molecule has 1 aromatic rings. The molecule has 0 saturated heterocycles. The number of rotatable bonds is 7. The number of aromatic amines is 1. The second-order valence-electron chi connectivity index (χ2n) is 3.64. The first kappa shape index (κ1) is 13.8. The van der Waals surface area contributed by atoms with E-state index < -0.39 is 0 Å². The third kappa shape index (κ3) is 4.24. The summed E-state index contributed by atoms with van der Waals surface area (Å²) in [7, 11) is 1.67. The summed E-state index contributed by atoms with van der Waals surface area (Å²) >= 11 is 1.47. The molecule has 0 aromatic carbocycles. The highest BCUT2D eigenvalue weighted by Gasteiger charge is 2.08. The van der Waals surface area contributed by atoms with Crippen LogP contribution in [0.5, 0.6) is 0 Å². The van der Waals surface area contributed by atoms with E-state index in [1.54, 1.807) is 7.05 Å². The lowest BCUT2D eigenvalue weighted by atomic mass is 10.2. The smallest absolute Gasteiger partial charge is 0.302 e. The zero-order valence-electron chi connectivity index (χ0n) is 10.1. The van der Waals surface area contributed by atoms with E-state index in [4.69, 9.17) is 5.26 Å². The Morgan fingerprint density at radius 2 is 2.47 bits per heavy atom. The average molecular weight is 255 g/mol. The largest absolute Gasteiger partial charge is 0.343 e. The Kier molecular flexibility index (Phi) is 5.80. The van der Waals surface area contributed by atoms with Crippen LogP contribution in [-0.4, -0.2) is 33.1 Å². The summed E-state index contributed by atoms with van der Waals surface area (Å²) in [5.74, 6) is 0.757. The van der Waals surface area contributed by atoms with Gasteiger partial charge < -0.3 is 5.32 Å². The van der Waals surface area contributed by atoms with Crippen molar-refractivity contribution in [2.45, 2.75) is 31.0 Å². The molecule has 6 nitrogen and oxygen atoms in total.